The molecule has 1 N–H and O–H groups in total. The van der Waals surface area contributed by atoms with Gasteiger partial charge in [0.05, 0.1) is 25.6 Å². The van der Waals surface area contributed by atoms with E-state index >= 15 is 0 Å². The van der Waals surface area contributed by atoms with Gasteiger partial charge in [-0.1, -0.05) is 0 Å². The van der Waals surface area contributed by atoms with Crippen molar-refractivity contribution in [2.24, 2.45) is 0 Å². The van der Waals surface area contributed by atoms with Gasteiger partial charge in [0.2, 0.25) is 5.91 Å². The fourth-order valence-corrected chi connectivity index (χ4v) is 3.75. The van der Waals surface area contributed by atoms with E-state index in [1.165, 1.54) is 0 Å². The molecule has 3 aromatic heterocycles. The highest BCUT2D eigenvalue weighted by molar-refractivity contribution is 7.15. The van der Waals surface area contributed by atoms with Gasteiger partial charge in [0.1, 0.15) is 11.5 Å². The maximum absolute atomic E-state index is 12.1. The Morgan fingerprint density at radius 2 is 2.15 bits per heavy atom. The van der Waals surface area contributed by atoms with Crippen LogP contribution in [0.2, 0.25) is 0 Å². The zero-order valence-electron chi connectivity index (χ0n) is 14.8. The van der Waals surface area contributed by atoms with E-state index in [0.717, 1.165) is 33.4 Å². The molecule has 6 nitrogen and oxygen atoms in total. The van der Waals surface area contributed by atoms with Crippen LogP contribution < -0.4 is 10.1 Å². The van der Waals surface area contributed by atoms with Gasteiger partial charge in [-0.25, -0.2) is 4.98 Å². The summed E-state index contributed by atoms with van der Waals surface area (Å²) in [5.74, 6) is 1.57. The summed E-state index contributed by atoms with van der Waals surface area (Å²) in [6.45, 7) is 0.414. The van der Waals surface area contributed by atoms with Crippen molar-refractivity contribution in [3.63, 3.8) is 0 Å². The van der Waals surface area contributed by atoms with Crippen LogP contribution in [0.15, 0.2) is 58.7 Å². The summed E-state index contributed by atoms with van der Waals surface area (Å²) in [6.07, 6.45) is 4.69. The predicted molar refractivity (Wildman–Crippen MR) is 104 cm³/mol. The molecule has 0 radical (unpaired) electrons. The number of nitrogens with zero attached hydrogens (tertiary/aromatic N) is 2. The Bertz CT molecular complexity index is 1030. The van der Waals surface area contributed by atoms with Gasteiger partial charge in [0, 0.05) is 29.3 Å². The minimum absolute atomic E-state index is 0.00115. The lowest BCUT2D eigenvalue weighted by Gasteiger charge is -2.03. The lowest BCUT2D eigenvalue weighted by molar-refractivity contribution is -0.121. The summed E-state index contributed by atoms with van der Waals surface area (Å²) >= 11 is 1.58. The third kappa shape index (κ3) is 3.88. The molecular formula is C20H19N3O3S. The molecule has 0 bridgehead atoms. The van der Waals surface area contributed by atoms with Gasteiger partial charge >= 0.3 is 0 Å². The lowest BCUT2D eigenvalue weighted by atomic mass is 10.1. The number of thiazole rings is 1. The Hall–Kier alpha value is -3.06. The van der Waals surface area contributed by atoms with E-state index < -0.39 is 0 Å². The number of carbonyl (C=O) groups is 1. The molecule has 0 saturated heterocycles. The highest BCUT2D eigenvalue weighted by Crippen LogP contribution is 2.25. The number of benzene rings is 1. The van der Waals surface area contributed by atoms with Gasteiger partial charge in [-0.2, -0.15) is 0 Å². The smallest absolute Gasteiger partial charge is 0.220 e. The molecule has 138 valence electrons. The maximum atomic E-state index is 12.1. The van der Waals surface area contributed by atoms with Crippen LogP contribution >= 0.6 is 11.3 Å². The molecule has 1 aromatic carbocycles. The van der Waals surface area contributed by atoms with Gasteiger partial charge in [-0.05, 0) is 42.8 Å². The van der Waals surface area contributed by atoms with Crippen LogP contribution in [0.1, 0.15) is 17.9 Å². The second-order valence-electron chi connectivity index (χ2n) is 6.09. The zero-order chi connectivity index (χ0) is 18.6. The summed E-state index contributed by atoms with van der Waals surface area (Å²) in [5, 5.41) is 4.93. The SMILES string of the molecule is COc1ccc(-c2cn3c(CCC(=O)NCc4ccco4)csc3n2)cc1. The average Bonchev–Trinajstić information content (AvgIpc) is 3.42. The first-order valence-corrected chi connectivity index (χ1v) is 9.50. The zero-order valence-corrected chi connectivity index (χ0v) is 15.7. The van der Waals surface area contributed by atoms with Crippen LogP contribution in [-0.4, -0.2) is 22.4 Å². The number of nitrogens with one attached hydrogen (secondary N) is 1. The average molecular weight is 381 g/mol. The Balaban J connectivity index is 1.41. The molecule has 27 heavy (non-hydrogen) atoms. The number of aromatic nitrogens is 2. The summed E-state index contributed by atoms with van der Waals surface area (Å²) in [4.78, 5) is 17.7. The Morgan fingerprint density at radius 3 is 2.89 bits per heavy atom. The molecule has 3 heterocycles. The van der Waals surface area contributed by atoms with Gasteiger partial charge < -0.3 is 14.5 Å². The minimum atomic E-state index is 0.00115. The van der Waals surface area contributed by atoms with E-state index in [2.05, 4.69) is 20.1 Å². The number of hydrogen-bond donors (Lipinski definition) is 1. The van der Waals surface area contributed by atoms with Crippen molar-refractivity contribution < 1.29 is 13.9 Å². The number of furan rings is 1. The van der Waals surface area contributed by atoms with E-state index in [9.17, 15) is 4.79 Å². The van der Waals surface area contributed by atoms with Crippen molar-refractivity contribution in [1.82, 2.24) is 14.7 Å². The number of imidazole rings is 1. The van der Waals surface area contributed by atoms with E-state index in [1.54, 1.807) is 24.7 Å². The molecule has 0 aliphatic carbocycles. The molecule has 0 aliphatic rings. The van der Waals surface area contributed by atoms with Crippen LogP contribution in [-0.2, 0) is 17.8 Å². The Kier molecular flexibility index (Phi) is 4.93. The third-order valence-electron chi connectivity index (χ3n) is 4.32. The number of aryl methyl sites for hydroxylation is 1. The van der Waals surface area contributed by atoms with E-state index in [0.29, 0.717) is 19.4 Å². The largest absolute Gasteiger partial charge is 0.497 e. The minimum Gasteiger partial charge on any atom is -0.497 e. The highest BCUT2D eigenvalue weighted by atomic mass is 32.1. The standard InChI is InChI=1S/C20H19N3O3S/c1-25-16-7-4-14(5-8-16)18-12-23-15(13-27-20(23)22-18)6-9-19(24)21-11-17-3-2-10-26-17/h2-5,7-8,10,12-13H,6,9,11H2,1H3,(H,21,24). The summed E-state index contributed by atoms with van der Waals surface area (Å²) < 4.78 is 12.5. The summed E-state index contributed by atoms with van der Waals surface area (Å²) in [7, 11) is 1.65. The van der Waals surface area contributed by atoms with Crippen molar-refractivity contribution in [2.45, 2.75) is 19.4 Å². The molecule has 0 aliphatic heterocycles. The number of carbonyl (C=O) groups excluding carboxylic acids is 1. The summed E-state index contributed by atoms with van der Waals surface area (Å²) in [6, 6.07) is 11.5. The molecule has 0 fully saturated rings. The second kappa shape index (κ2) is 7.67. The van der Waals surface area contributed by atoms with E-state index in [4.69, 9.17) is 9.15 Å². The molecule has 7 heteroatoms. The lowest BCUT2D eigenvalue weighted by Crippen LogP contribution is -2.22. The Morgan fingerprint density at radius 1 is 1.30 bits per heavy atom. The van der Waals surface area contributed by atoms with Gasteiger partial charge in [0.25, 0.3) is 0 Å². The highest BCUT2D eigenvalue weighted by Gasteiger charge is 2.11. The maximum Gasteiger partial charge on any atom is 0.220 e. The Labute approximate surface area is 160 Å². The van der Waals surface area contributed by atoms with Crippen LogP contribution in [0.3, 0.4) is 0 Å². The second-order valence-corrected chi connectivity index (χ2v) is 6.93. The monoisotopic (exact) mass is 381 g/mol. The molecule has 0 spiro atoms. The number of ether oxygens (including phenoxy) is 1. The molecular weight excluding hydrogens is 362 g/mol. The number of hydrogen-bond acceptors (Lipinski definition) is 5. The number of rotatable bonds is 7. The van der Waals surface area contributed by atoms with Gasteiger partial charge in [-0.3, -0.25) is 9.20 Å². The number of amides is 1. The molecule has 0 atom stereocenters. The van der Waals surface area contributed by atoms with Crippen molar-refractivity contribution in [2.75, 3.05) is 7.11 Å². The normalized spacial score (nSPS) is 11.0. The molecule has 0 saturated carbocycles. The van der Waals surface area contributed by atoms with Crippen LogP contribution in [0.25, 0.3) is 16.2 Å². The number of fused-ring (bicyclic) bond motifs is 1. The fraction of sp³-hybridized carbons (Fsp3) is 0.200. The van der Waals surface area contributed by atoms with E-state index in [1.807, 2.05) is 42.6 Å². The third-order valence-corrected chi connectivity index (χ3v) is 5.21. The number of methoxy groups -OCH3 is 1. The fourth-order valence-electron chi connectivity index (χ4n) is 2.84. The molecule has 0 unspecified atom stereocenters. The van der Waals surface area contributed by atoms with Crippen LogP contribution in [0.4, 0.5) is 0 Å². The quantitative estimate of drug-likeness (QED) is 0.527. The van der Waals surface area contributed by atoms with Crippen molar-refractivity contribution in [3.8, 4) is 17.0 Å². The molecule has 4 rings (SSSR count). The first-order valence-electron chi connectivity index (χ1n) is 8.62. The van der Waals surface area contributed by atoms with E-state index in [-0.39, 0.29) is 5.91 Å². The van der Waals surface area contributed by atoms with Crippen LogP contribution in [0.5, 0.6) is 5.75 Å². The van der Waals surface area contributed by atoms with Gasteiger partial charge in [0.15, 0.2) is 4.96 Å². The topological polar surface area (TPSA) is 68.8 Å². The van der Waals surface area contributed by atoms with Crippen molar-refractivity contribution in [3.05, 3.63) is 65.7 Å². The van der Waals surface area contributed by atoms with Crippen molar-refractivity contribution >= 4 is 22.2 Å². The molecule has 1 amide bonds. The van der Waals surface area contributed by atoms with Crippen molar-refractivity contribution in [1.29, 1.82) is 0 Å². The predicted octanol–water partition coefficient (Wildman–Crippen LogP) is 3.91. The first kappa shape index (κ1) is 17.4. The van der Waals surface area contributed by atoms with Gasteiger partial charge in [-0.15, -0.1) is 11.3 Å². The van der Waals surface area contributed by atoms with Crippen LogP contribution in [0, 0.1) is 0 Å². The molecule has 4 aromatic rings. The first-order chi connectivity index (χ1) is 13.2. The summed E-state index contributed by atoms with van der Waals surface area (Å²) in [5.41, 5.74) is 3.03.